The molecular weight excluding hydrogens is 414 g/mol. The van der Waals surface area contributed by atoms with Gasteiger partial charge >= 0.3 is 0 Å². The van der Waals surface area contributed by atoms with Crippen molar-refractivity contribution in [1.82, 2.24) is 24.9 Å². The van der Waals surface area contributed by atoms with Crippen LogP contribution in [0.2, 0.25) is 5.02 Å². The zero-order chi connectivity index (χ0) is 21.4. The third-order valence-corrected chi connectivity index (χ3v) is 5.94. The predicted molar refractivity (Wildman–Crippen MR) is 118 cm³/mol. The summed E-state index contributed by atoms with van der Waals surface area (Å²) in [7, 11) is 0. The molecule has 1 unspecified atom stereocenters. The number of carbonyl (C=O) groups is 1. The van der Waals surface area contributed by atoms with Gasteiger partial charge < -0.3 is 9.64 Å². The minimum Gasteiger partial charge on any atom is -0.376 e. The van der Waals surface area contributed by atoms with Crippen LogP contribution in [0.15, 0.2) is 48.5 Å². The Morgan fingerprint density at radius 3 is 2.84 bits per heavy atom. The van der Waals surface area contributed by atoms with Crippen LogP contribution in [0, 0.1) is 6.92 Å². The maximum atomic E-state index is 13.4. The first-order chi connectivity index (χ1) is 15.1. The number of tetrazole rings is 1. The van der Waals surface area contributed by atoms with E-state index in [2.05, 4.69) is 34.6 Å². The number of hydrogen-bond donors (Lipinski definition) is 0. The number of nitrogens with zero attached hydrogens (tertiary/aromatic N) is 5. The number of halogens is 1. The van der Waals surface area contributed by atoms with Crippen molar-refractivity contribution in [3.8, 4) is 0 Å². The van der Waals surface area contributed by atoms with Gasteiger partial charge in [-0.25, -0.2) is 0 Å². The normalized spacial score (nSPS) is 16.3. The lowest BCUT2D eigenvalue weighted by Crippen LogP contribution is -2.37. The highest BCUT2D eigenvalue weighted by Crippen LogP contribution is 2.24. The monoisotopic (exact) mass is 435 g/mol. The molecule has 1 saturated heterocycles. The van der Waals surface area contributed by atoms with Gasteiger partial charge in [0.1, 0.15) is 0 Å². The number of benzene rings is 2. The molecule has 158 valence electrons. The molecule has 1 amide bonds. The standard InChI is InChI=1S/C23H22ClN5O2/c1-15-4-9-21-17(11-15)12-18(22-25-26-27-29(21)22)13-28(14-20-3-2-10-31-20)23(30)16-5-7-19(24)8-6-16/h4-9,11-12,20H,2-3,10,13-14H2,1H3. The number of aromatic nitrogens is 4. The zero-order valence-corrected chi connectivity index (χ0v) is 17.9. The summed E-state index contributed by atoms with van der Waals surface area (Å²) < 4.78 is 7.56. The molecule has 2 aromatic heterocycles. The fourth-order valence-corrected chi connectivity index (χ4v) is 4.26. The molecule has 2 aromatic carbocycles. The van der Waals surface area contributed by atoms with Crippen molar-refractivity contribution in [2.24, 2.45) is 0 Å². The van der Waals surface area contributed by atoms with Gasteiger partial charge in [-0.1, -0.05) is 23.2 Å². The third kappa shape index (κ3) is 3.98. The lowest BCUT2D eigenvalue weighted by Gasteiger charge is -2.26. The molecule has 0 spiro atoms. The summed E-state index contributed by atoms with van der Waals surface area (Å²) in [6.45, 7) is 3.69. The molecule has 5 rings (SSSR count). The van der Waals surface area contributed by atoms with Gasteiger partial charge in [0.05, 0.1) is 11.6 Å². The zero-order valence-electron chi connectivity index (χ0n) is 17.2. The minimum absolute atomic E-state index is 0.0333. The third-order valence-electron chi connectivity index (χ3n) is 5.69. The van der Waals surface area contributed by atoms with E-state index in [1.54, 1.807) is 28.8 Å². The number of rotatable bonds is 5. The molecule has 7 nitrogen and oxygen atoms in total. The van der Waals surface area contributed by atoms with E-state index >= 15 is 0 Å². The average Bonchev–Trinajstić information content (AvgIpc) is 3.45. The van der Waals surface area contributed by atoms with Crippen molar-refractivity contribution in [2.75, 3.05) is 13.2 Å². The highest BCUT2D eigenvalue weighted by Gasteiger charge is 2.25. The van der Waals surface area contributed by atoms with Crippen LogP contribution < -0.4 is 0 Å². The molecule has 0 N–H and O–H groups in total. The second kappa shape index (κ2) is 8.24. The lowest BCUT2D eigenvalue weighted by atomic mass is 10.1. The van der Waals surface area contributed by atoms with Gasteiger partial charge in [0, 0.05) is 41.2 Å². The predicted octanol–water partition coefficient (Wildman–Crippen LogP) is 4.06. The number of carbonyl (C=O) groups excluding carboxylic acids is 1. The van der Waals surface area contributed by atoms with Crippen LogP contribution in [0.4, 0.5) is 0 Å². The fraction of sp³-hybridized carbons (Fsp3) is 0.304. The first-order valence-electron chi connectivity index (χ1n) is 10.4. The molecule has 1 fully saturated rings. The topological polar surface area (TPSA) is 72.6 Å². The maximum absolute atomic E-state index is 13.4. The van der Waals surface area contributed by atoms with E-state index in [-0.39, 0.29) is 12.0 Å². The summed E-state index contributed by atoms with van der Waals surface area (Å²) >= 11 is 6.01. The van der Waals surface area contributed by atoms with Crippen LogP contribution in [-0.4, -0.2) is 50.1 Å². The Bertz CT molecular complexity index is 1250. The number of pyridine rings is 1. The Balaban J connectivity index is 1.54. The van der Waals surface area contributed by atoms with E-state index < -0.39 is 0 Å². The van der Waals surface area contributed by atoms with Gasteiger partial charge in [-0.05, 0) is 72.7 Å². The molecule has 4 aromatic rings. The number of aryl methyl sites for hydroxylation is 1. The molecule has 31 heavy (non-hydrogen) atoms. The summed E-state index contributed by atoms with van der Waals surface area (Å²) in [5.74, 6) is -0.0675. The number of amides is 1. The molecule has 0 aliphatic carbocycles. The van der Waals surface area contributed by atoms with Crippen molar-refractivity contribution >= 4 is 34.1 Å². The summed E-state index contributed by atoms with van der Waals surface area (Å²) in [6, 6.07) is 15.2. The van der Waals surface area contributed by atoms with Crippen molar-refractivity contribution in [2.45, 2.75) is 32.4 Å². The SMILES string of the molecule is Cc1ccc2c(c1)cc(CN(CC1CCCO1)C(=O)c1ccc(Cl)cc1)c1nnnn12. The Morgan fingerprint density at radius 1 is 1.23 bits per heavy atom. The second-order valence-electron chi connectivity index (χ2n) is 7.97. The quantitative estimate of drug-likeness (QED) is 0.472. The Hall–Kier alpha value is -3.03. The molecule has 0 saturated carbocycles. The van der Waals surface area contributed by atoms with E-state index in [0.717, 1.165) is 41.5 Å². The molecule has 8 heteroatoms. The summed E-state index contributed by atoms with van der Waals surface area (Å²) in [5.41, 5.74) is 4.22. The van der Waals surface area contributed by atoms with Gasteiger partial charge in [-0.2, -0.15) is 4.52 Å². The fourth-order valence-electron chi connectivity index (χ4n) is 4.13. The summed E-state index contributed by atoms with van der Waals surface area (Å²) in [6.07, 6.45) is 2.00. The average molecular weight is 436 g/mol. The highest BCUT2D eigenvalue weighted by molar-refractivity contribution is 6.30. The highest BCUT2D eigenvalue weighted by atomic mass is 35.5. The second-order valence-corrected chi connectivity index (χ2v) is 8.41. The van der Waals surface area contributed by atoms with Gasteiger partial charge in [-0.3, -0.25) is 4.79 Å². The molecule has 1 atom stereocenters. The van der Waals surface area contributed by atoms with Crippen LogP contribution in [0.5, 0.6) is 0 Å². The Morgan fingerprint density at radius 2 is 2.06 bits per heavy atom. The van der Waals surface area contributed by atoms with Crippen molar-refractivity contribution in [3.05, 3.63) is 70.2 Å². The van der Waals surface area contributed by atoms with E-state index in [1.807, 2.05) is 17.0 Å². The molecule has 3 heterocycles. The van der Waals surface area contributed by atoms with Crippen LogP contribution in [0.1, 0.15) is 34.3 Å². The first-order valence-corrected chi connectivity index (χ1v) is 10.7. The van der Waals surface area contributed by atoms with E-state index in [9.17, 15) is 4.79 Å². The van der Waals surface area contributed by atoms with Crippen molar-refractivity contribution < 1.29 is 9.53 Å². The lowest BCUT2D eigenvalue weighted by molar-refractivity contribution is 0.0508. The minimum atomic E-state index is -0.0675. The van der Waals surface area contributed by atoms with E-state index in [0.29, 0.717) is 29.3 Å². The van der Waals surface area contributed by atoms with Gasteiger partial charge in [0.15, 0.2) is 5.65 Å². The van der Waals surface area contributed by atoms with E-state index in [1.165, 1.54) is 0 Å². The number of fused-ring (bicyclic) bond motifs is 3. The smallest absolute Gasteiger partial charge is 0.254 e. The van der Waals surface area contributed by atoms with Crippen molar-refractivity contribution in [1.29, 1.82) is 0 Å². The molecule has 1 aliphatic heterocycles. The van der Waals surface area contributed by atoms with Crippen LogP contribution >= 0.6 is 11.6 Å². The van der Waals surface area contributed by atoms with Crippen LogP contribution in [0.25, 0.3) is 16.6 Å². The summed E-state index contributed by atoms with van der Waals surface area (Å²) in [4.78, 5) is 15.2. The molecule has 0 radical (unpaired) electrons. The van der Waals surface area contributed by atoms with Gasteiger partial charge in [0.25, 0.3) is 5.91 Å². The summed E-state index contributed by atoms with van der Waals surface area (Å²) in [5, 5.41) is 13.9. The Kier molecular flexibility index (Phi) is 5.29. The number of hydrogen-bond acceptors (Lipinski definition) is 5. The van der Waals surface area contributed by atoms with Gasteiger partial charge in [0.2, 0.25) is 0 Å². The molecule has 1 aliphatic rings. The van der Waals surface area contributed by atoms with Crippen molar-refractivity contribution in [3.63, 3.8) is 0 Å². The van der Waals surface area contributed by atoms with E-state index in [4.69, 9.17) is 16.3 Å². The Labute approximate surface area is 184 Å². The van der Waals surface area contributed by atoms with Crippen LogP contribution in [0.3, 0.4) is 0 Å². The molecule has 0 bridgehead atoms. The van der Waals surface area contributed by atoms with Gasteiger partial charge in [-0.15, -0.1) is 5.10 Å². The molecular formula is C23H22ClN5O2. The largest absolute Gasteiger partial charge is 0.376 e. The maximum Gasteiger partial charge on any atom is 0.254 e. The first kappa shape index (κ1) is 19.9. The van der Waals surface area contributed by atoms with Crippen LogP contribution in [-0.2, 0) is 11.3 Å². The number of ether oxygens (including phenoxy) is 1.